The summed E-state index contributed by atoms with van der Waals surface area (Å²) in [5, 5.41) is 18.1. The Bertz CT molecular complexity index is 1490. The van der Waals surface area contributed by atoms with Gasteiger partial charge in [0, 0.05) is 12.4 Å². The molecular weight excluding hydrogens is 500 g/mol. The fraction of sp³-hybridized carbons (Fsp3) is 0.333. The second kappa shape index (κ2) is 9.82. The zero-order valence-corrected chi connectivity index (χ0v) is 22.1. The number of methoxy groups -OCH3 is 2. The second-order valence-electron chi connectivity index (χ2n) is 8.62. The van der Waals surface area contributed by atoms with Gasteiger partial charge < -0.3 is 19.0 Å². The number of hydrogen-bond acceptors (Lipinski definition) is 10. The standard InChI is InChI=1S/C24H28N6O6S/c1-14-12-25-22(26-13-14)24(4,31)16(3)37(32,33)29-23-28-27-21(19-11-10-15(2)36-19)30(23)20-17(34-5)8-7-9-18(20)35-6/h7-13,16,31H,1-6H3,(H,28,29)/t16-,24-/m1/s1. The van der Waals surface area contributed by atoms with Crippen LogP contribution in [-0.2, 0) is 15.6 Å². The van der Waals surface area contributed by atoms with Gasteiger partial charge in [-0.3, -0.25) is 9.29 Å². The highest BCUT2D eigenvalue weighted by Gasteiger charge is 2.43. The SMILES string of the molecule is COc1cccc(OC)c1-n1c(NS(=O)(=O)[C@H](C)[C@@](C)(O)c2ncc(C)cn2)nnc1-c1ccc(C)o1. The number of ether oxygens (including phenoxy) is 2. The first-order chi connectivity index (χ1) is 17.5. The molecule has 0 spiro atoms. The van der Waals surface area contributed by atoms with Crippen molar-refractivity contribution in [3.8, 4) is 28.8 Å². The summed E-state index contributed by atoms with van der Waals surface area (Å²) >= 11 is 0. The van der Waals surface area contributed by atoms with E-state index in [0.29, 0.717) is 28.7 Å². The fourth-order valence-electron chi connectivity index (χ4n) is 3.68. The van der Waals surface area contributed by atoms with Crippen molar-refractivity contribution in [3.05, 3.63) is 59.9 Å². The van der Waals surface area contributed by atoms with Gasteiger partial charge in [0.15, 0.2) is 11.6 Å². The Hall–Kier alpha value is -3.97. The first-order valence-electron chi connectivity index (χ1n) is 11.3. The van der Waals surface area contributed by atoms with Gasteiger partial charge in [0.25, 0.3) is 0 Å². The minimum absolute atomic E-state index is 0.0319. The molecule has 0 saturated heterocycles. The maximum absolute atomic E-state index is 13.5. The van der Waals surface area contributed by atoms with Gasteiger partial charge in [-0.25, -0.2) is 18.4 Å². The Balaban J connectivity index is 1.84. The van der Waals surface area contributed by atoms with E-state index in [-0.39, 0.29) is 17.6 Å². The topological polar surface area (TPSA) is 154 Å². The van der Waals surface area contributed by atoms with E-state index in [1.165, 1.54) is 45.0 Å². The van der Waals surface area contributed by atoms with Crippen LogP contribution in [0.3, 0.4) is 0 Å². The average molecular weight is 529 g/mol. The first-order valence-corrected chi connectivity index (χ1v) is 12.8. The van der Waals surface area contributed by atoms with Gasteiger partial charge in [0.05, 0.1) is 14.2 Å². The number of nitrogens with zero attached hydrogens (tertiary/aromatic N) is 5. The number of furan rings is 1. The zero-order valence-electron chi connectivity index (χ0n) is 21.3. The van der Waals surface area contributed by atoms with E-state index in [9.17, 15) is 13.5 Å². The Morgan fingerprint density at radius 3 is 2.22 bits per heavy atom. The van der Waals surface area contributed by atoms with Crippen molar-refractivity contribution >= 4 is 16.0 Å². The lowest BCUT2D eigenvalue weighted by atomic mass is 10.0. The molecule has 0 saturated carbocycles. The third-order valence-corrected chi connectivity index (χ3v) is 7.83. The van der Waals surface area contributed by atoms with E-state index in [2.05, 4.69) is 24.9 Å². The molecule has 0 radical (unpaired) electrons. The summed E-state index contributed by atoms with van der Waals surface area (Å²) in [5.41, 5.74) is -0.804. The highest BCUT2D eigenvalue weighted by molar-refractivity contribution is 7.93. The molecule has 37 heavy (non-hydrogen) atoms. The summed E-state index contributed by atoms with van der Waals surface area (Å²) in [6.07, 6.45) is 3.01. The van der Waals surface area contributed by atoms with Gasteiger partial charge >= 0.3 is 0 Å². The second-order valence-corrected chi connectivity index (χ2v) is 10.6. The Morgan fingerprint density at radius 1 is 1.05 bits per heavy atom. The maximum atomic E-state index is 13.5. The fourth-order valence-corrected chi connectivity index (χ4v) is 4.96. The summed E-state index contributed by atoms with van der Waals surface area (Å²) in [5.74, 6) is 1.72. The van der Waals surface area contributed by atoms with Crippen LogP contribution in [-0.4, -0.2) is 57.7 Å². The Morgan fingerprint density at radius 2 is 1.68 bits per heavy atom. The quantitative estimate of drug-likeness (QED) is 0.331. The van der Waals surface area contributed by atoms with Gasteiger partial charge in [-0.05, 0) is 57.5 Å². The molecular formula is C24H28N6O6S. The number of benzene rings is 1. The van der Waals surface area contributed by atoms with Crippen LogP contribution in [0.15, 0.2) is 47.1 Å². The molecule has 0 aliphatic heterocycles. The smallest absolute Gasteiger partial charge is 0.243 e. The van der Waals surface area contributed by atoms with Crippen molar-refractivity contribution < 1.29 is 27.4 Å². The minimum Gasteiger partial charge on any atom is -0.494 e. The van der Waals surface area contributed by atoms with Crippen LogP contribution in [0, 0.1) is 13.8 Å². The van der Waals surface area contributed by atoms with Crippen molar-refractivity contribution in [1.29, 1.82) is 0 Å². The number of para-hydroxylation sites is 1. The summed E-state index contributed by atoms with van der Waals surface area (Å²) in [7, 11) is -1.33. The molecule has 4 rings (SSSR count). The molecule has 2 N–H and O–H groups in total. The summed E-state index contributed by atoms with van der Waals surface area (Å²) in [6.45, 7) is 6.25. The zero-order chi connectivity index (χ0) is 27.0. The molecule has 13 heteroatoms. The van der Waals surface area contributed by atoms with Gasteiger partial charge in [-0.2, -0.15) is 0 Å². The molecule has 0 unspecified atom stereocenters. The molecule has 0 bridgehead atoms. The predicted molar refractivity (Wildman–Crippen MR) is 135 cm³/mol. The summed E-state index contributed by atoms with van der Waals surface area (Å²) in [6, 6.07) is 8.55. The van der Waals surface area contributed by atoms with Crippen LogP contribution in [0.5, 0.6) is 11.5 Å². The molecule has 196 valence electrons. The molecule has 0 amide bonds. The molecule has 4 aromatic rings. The first kappa shape index (κ1) is 26.1. The number of hydrogen-bond donors (Lipinski definition) is 2. The van der Waals surface area contributed by atoms with Crippen LogP contribution in [0.4, 0.5) is 5.95 Å². The lowest BCUT2D eigenvalue weighted by Crippen LogP contribution is -2.44. The maximum Gasteiger partial charge on any atom is 0.243 e. The molecule has 1 aromatic carbocycles. The van der Waals surface area contributed by atoms with Crippen LogP contribution in [0.1, 0.15) is 31.0 Å². The highest BCUT2D eigenvalue weighted by Crippen LogP contribution is 2.38. The summed E-state index contributed by atoms with van der Waals surface area (Å²) < 4.78 is 47.8. The number of aryl methyl sites for hydroxylation is 2. The molecule has 0 aliphatic carbocycles. The molecule has 0 aliphatic rings. The van der Waals surface area contributed by atoms with E-state index in [1.807, 2.05) is 0 Å². The Kier molecular flexibility index (Phi) is 6.93. The van der Waals surface area contributed by atoms with Gasteiger partial charge in [0.2, 0.25) is 21.8 Å². The number of sulfonamides is 1. The van der Waals surface area contributed by atoms with E-state index in [4.69, 9.17) is 13.9 Å². The van der Waals surface area contributed by atoms with E-state index in [1.54, 1.807) is 44.2 Å². The third kappa shape index (κ3) is 4.87. The minimum atomic E-state index is -4.28. The largest absolute Gasteiger partial charge is 0.494 e. The molecule has 3 aromatic heterocycles. The Labute approximate surface area is 214 Å². The summed E-state index contributed by atoms with van der Waals surface area (Å²) in [4.78, 5) is 8.23. The molecule has 3 heterocycles. The number of nitrogens with one attached hydrogen (secondary N) is 1. The molecule has 2 atom stereocenters. The lowest BCUT2D eigenvalue weighted by molar-refractivity contribution is 0.0471. The number of aromatic nitrogens is 5. The van der Waals surface area contributed by atoms with Crippen LogP contribution < -0.4 is 14.2 Å². The van der Waals surface area contributed by atoms with E-state index < -0.39 is 20.9 Å². The number of anilines is 1. The van der Waals surface area contributed by atoms with E-state index in [0.717, 1.165) is 5.56 Å². The average Bonchev–Trinajstić information content (AvgIpc) is 3.48. The monoisotopic (exact) mass is 528 g/mol. The van der Waals surface area contributed by atoms with Gasteiger partial charge in [-0.15, -0.1) is 10.2 Å². The highest BCUT2D eigenvalue weighted by atomic mass is 32.2. The molecule has 12 nitrogen and oxygen atoms in total. The predicted octanol–water partition coefficient (Wildman–Crippen LogP) is 2.99. The van der Waals surface area contributed by atoms with Crippen molar-refractivity contribution in [2.75, 3.05) is 18.9 Å². The van der Waals surface area contributed by atoms with Crippen molar-refractivity contribution in [2.45, 2.75) is 38.5 Å². The van der Waals surface area contributed by atoms with Gasteiger partial charge in [-0.1, -0.05) is 6.07 Å². The van der Waals surface area contributed by atoms with Crippen LogP contribution in [0.25, 0.3) is 17.3 Å². The van der Waals surface area contributed by atoms with Crippen molar-refractivity contribution in [3.63, 3.8) is 0 Å². The van der Waals surface area contributed by atoms with Crippen LogP contribution >= 0.6 is 0 Å². The van der Waals surface area contributed by atoms with Crippen molar-refractivity contribution in [2.24, 2.45) is 0 Å². The van der Waals surface area contributed by atoms with Gasteiger partial charge in [0.1, 0.15) is 33.8 Å². The van der Waals surface area contributed by atoms with Crippen molar-refractivity contribution in [1.82, 2.24) is 24.7 Å². The van der Waals surface area contributed by atoms with Crippen LogP contribution in [0.2, 0.25) is 0 Å². The normalized spacial score (nSPS) is 14.1. The molecule has 0 fully saturated rings. The third-order valence-electron chi connectivity index (χ3n) is 5.97. The number of rotatable bonds is 9. The number of aliphatic hydroxyl groups is 1. The van der Waals surface area contributed by atoms with E-state index >= 15 is 0 Å². The lowest BCUT2D eigenvalue weighted by Gasteiger charge is -2.28.